The first kappa shape index (κ1) is 15.5. The smallest absolute Gasteiger partial charge is 0.0236 e. The molecule has 1 aromatic carbocycles. The third-order valence-corrected chi connectivity index (χ3v) is 4.45. The second-order valence-corrected chi connectivity index (χ2v) is 6.02. The molecule has 0 heterocycles. The average Bonchev–Trinajstić information content (AvgIpc) is 2.49. The number of nitrogens with one attached hydrogen (secondary N) is 1. The highest BCUT2D eigenvalue weighted by molar-refractivity contribution is 5.14. The second-order valence-electron chi connectivity index (χ2n) is 6.02. The van der Waals surface area contributed by atoms with E-state index < -0.39 is 0 Å². The van der Waals surface area contributed by atoms with Crippen LogP contribution in [0.2, 0.25) is 0 Å². The molecular weight excluding hydrogens is 244 g/mol. The largest absolute Gasteiger partial charge is 0.314 e. The molecule has 1 aromatic rings. The molecule has 0 saturated heterocycles. The standard InChI is InChI=1S/C18H30N2/c1-3-14-20(15-16-8-6-5-7-9-16)18-12-10-17(11-13-18)19-4-2/h5-9,17-19H,3-4,10-15H2,1-2H3. The van der Waals surface area contributed by atoms with Gasteiger partial charge in [0.25, 0.3) is 0 Å². The molecule has 1 fully saturated rings. The van der Waals surface area contributed by atoms with Crippen LogP contribution in [0.5, 0.6) is 0 Å². The van der Waals surface area contributed by atoms with Crippen molar-refractivity contribution in [3.05, 3.63) is 35.9 Å². The van der Waals surface area contributed by atoms with Gasteiger partial charge in [0.2, 0.25) is 0 Å². The van der Waals surface area contributed by atoms with Gasteiger partial charge < -0.3 is 5.32 Å². The van der Waals surface area contributed by atoms with Gasteiger partial charge in [-0.05, 0) is 50.8 Å². The number of hydrogen-bond donors (Lipinski definition) is 1. The summed E-state index contributed by atoms with van der Waals surface area (Å²) in [6, 6.07) is 12.5. The van der Waals surface area contributed by atoms with Gasteiger partial charge in [-0.15, -0.1) is 0 Å². The van der Waals surface area contributed by atoms with Gasteiger partial charge in [-0.25, -0.2) is 0 Å². The van der Waals surface area contributed by atoms with E-state index in [1.807, 2.05) is 0 Å². The van der Waals surface area contributed by atoms with Crippen molar-refractivity contribution in [3.63, 3.8) is 0 Å². The molecule has 1 aliphatic carbocycles. The van der Waals surface area contributed by atoms with E-state index in [4.69, 9.17) is 0 Å². The summed E-state index contributed by atoms with van der Waals surface area (Å²) >= 11 is 0. The van der Waals surface area contributed by atoms with Crippen molar-refractivity contribution in [2.24, 2.45) is 0 Å². The van der Waals surface area contributed by atoms with E-state index in [2.05, 4.69) is 54.4 Å². The summed E-state index contributed by atoms with van der Waals surface area (Å²) in [4.78, 5) is 2.71. The first-order valence-corrected chi connectivity index (χ1v) is 8.34. The van der Waals surface area contributed by atoms with Gasteiger partial charge in [0.1, 0.15) is 0 Å². The normalized spacial score (nSPS) is 23.1. The minimum absolute atomic E-state index is 0.761. The molecule has 0 unspecified atom stereocenters. The van der Waals surface area contributed by atoms with E-state index in [1.165, 1.54) is 44.2 Å². The van der Waals surface area contributed by atoms with E-state index in [-0.39, 0.29) is 0 Å². The molecule has 1 N–H and O–H groups in total. The fourth-order valence-electron chi connectivity index (χ4n) is 3.43. The minimum atomic E-state index is 0.761. The Morgan fingerprint density at radius 2 is 1.75 bits per heavy atom. The molecule has 0 amide bonds. The number of hydrogen-bond acceptors (Lipinski definition) is 2. The summed E-state index contributed by atoms with van der Waals surface area (Å²) in [6.07, 6.45) is 6.63. The van der Waals surface area contributed by atoms with E-state index in [1.54, 1.807) is 0 Å². The van der Waals surface area contributed by atoms with Crippen LogP contribution in [0.4, 0.5) is 0 Å². The zero-order valence-electron chi connectivity index (χ0n) is 13.1. The summed E-state index contributed by atoms with van der Waals surface area (Å²) in [5, 5.41) is 3.61. The quantitative estimate of drug-likeness (QED) is 0.813. The van der Waals surface area contributed by atoms with E-state index in [0.29, 0.717) is 0 Å². The first-order valence-electron chi connectivity index (χ1n) is 8.34. The molecule has 1 aliphatic rings. The summed E-state index contributed by atoms with van der Waals surface area (Å²) in [6.45, 7) is 7.96. The molecule has 0 atom stereocenters. The van der Waals surface area contributed by atoms with Crippen LogP contribution in [0, 0.1) is 0 Å². The van der Waals surface area contributed by atoms with Crippen LogP contribution in [-0.4, -0.2) is 30.1 Å². The fraction of sp³-hybridized carbons (Fsp3) is 0.667. The van der Waals surface area contributed by atoms with Crippen molar-refractivity contribution in [2.45, 2.75) is 64.6 Å². The molecule has 1 saturated carbocycles. The highest BCUT2D eigenvalue weighted by Gasteiger charge is 2.24. The van der Waals surface area contributed by atoms with Crippen molar-refractivity contribution in [3.8, 4) is 0 Å². The molecular formula is C18H30N2. The SMILES string of the molecule is CCCN(Cc1ccccc1)C1CCC(NCC)CC1. The van der Waals surface area contributed by atoms with Crippen LogP contribution < -0.4 is 5.32 Å². The summed E-state index contributed by atoms with van der Waals surface area (Å²) < 4.78 is 0. The molecule has 20 heavy (non-hydrogen) atoms. The summed E-state index contributed by atoms with van der Waals surface area (Å²) in [5.41, 5.74) is 1.45. The van der Waals surface area contributed by atoms with E-state index in [9.17, 15) is 0 Å². The Labute approximate surface area is 124 Å². The van der Waals surface area contributed by atoms with Gasteiger partial charge in [0.05, 0.1) is 0 Å². The maximum absolute atomic E-state index is 3.61. The molecule has 0 aromatic heterocycles. The Morgan fingerprint density at radius 3 is 2.35 bits per heavy atom. The molecule has 2 nitrogen and oxygen atoms in total. The average molecular weight is 274 g/mol. The van der Waals surface area contributed by atoms with Crippen molar-refractivity contribution in [2.75, 3.05) is 13.1 Å². The third kappa shape index (κ3) is 4.60. The van der Waals surface area contributed by atoms with Gasteiger partial charge in [-0.3, -0.25) is 4.90 Å². The molecule has 112 valence electrons. The second kappa shape index (κ2) is 8.43. The maximum Gasteiger partial charge on any atom is 0.0236 e. The Balaban J connectivity index is 1.89. The molecule has 0 radical (unpaired) electrons. The fourth-order valence-corrected chi connectivity index (χ4v) is 3.43. The Morgan fingerprint density at radius 1 is 1.05 bits per heavy atom. The highest BCUT2D eigenvalue weighted by Crippen LogP contribution is 2.24. The number of rotatable bonds is 7. The van der Waals surface area contributed by atoms with Crippen molar-refractivity contribution < 1.29 is 0 Å². The van der Waals surface area contributed by atoms with Crippen LogP contribution in [0.25, 0.3) is 0 Å². The zero-order valence-corrected chi connectivity index (χ0v) is 13.1. The Bertz CT molecular complexity index is 355. The van der Waals surface area contributed by atoms with Crippen LogP contribution in [0.3, 0.4) is 0 Å². The van der Waals surface area contributed by atoms with Gasteiger partial charge in [-0.2, -0.15) is 0 Å². The lowest BCUT2D eigenvalue weighted by molar-refractivity contribution is 0.136. The van der Waals surface area contributed by atoms with Crippen LogP contribution in [0.15, 0.2) is 30.3 Å². The summed E-state index contributed by atoms with van der Waals surface area (Å²) in [7, 11) is 0. The topological polar surface area (TPSA) is 15.3 Å². The lowest BCUT2D eigenvalue weighted by Crippen LogP contribution is -2.42. The third-order valence-electron chi connectivity index (χ3n) is 4.45. The van der Waals surface area contributed by atoms with Crippen molar-refractivity contribution in [1.29, 1.82) is 0 Å². The van der Waals surface area contributed by atoms with E-state index in [0.717, 1.165) is 25.2 Å². The van der Waals surface area contributed by atoms with Gasteiger partial charge in [-0.1, -0.05) is 44.2 Å². The van der Waals surface area contributed by atoms with Gasteiger partial charge in [0.15, 0.2) is 0 Å². The molecule has 0 aliphatic heterocycles. The van der Waals surface area contributed by atoms with Crippen LogP contribution in [-0.2, 0) is 6.54 Å². The molecule has 0 bridgehead atoms. The monoisotopic (exact) mass is 274 g/mol. The molecule has 0 spiro atoms. The van der Waals surface area contributed by atoms with Crippen LogP contribution in [0.1, 0.15) is 51.5 Å². The minimum Gasteiger partial charge on any atom is -0.314 e. The predicted molar refractivity (Wildman–Crippen MR) is 86.9 cm³/mol. The predicted octanol–water partition coefficient (Wildman–Crippen LogP) is 3.82. The lowest BCUT2D eigenvalue weighted by atomic mass is 9.89. The van der Waals surface area contributed by atoms with Crippen molar-refractivity contribution >= 4 is 0 Å². The first-order chi connectivity index (χ1) is 9.83. The van der Waals surface area contributed by atoms with Crippen molar-refractivity contribution in [1.82, 2.24) is 10.2 Å². The summed E-state index contributed by atoms with van der Waals surface area (Å²) in [5.74, 6) is 0. The molecule has 2 heteroatoms. The molecule has 2 rings (SSSR count). The van der Waals surface area contributed by atoms with Crippen LogP contribution >= 0.6 is 0 Å². The van der Waals surface area contributed by atoms with Gasteiger partial charge in [0, 0.05) is 18.6 Å². The zero-order chi connectivity index (χ0) is 14.2. The lowest BCUT2D eigenvalue weighted by Gasteiger charge is -2.37. The highest BCUT2D eigenvalue weighted by atomic mass is 15.2. The van der Waals surface area contributed by atoms with E-state index >= 15 is 0 Å². The Kier molecular flexibility index (Phi) is 6.55. The number of benzene rings is 1. The van der Waals surface area contributed by atoms with Gasteiger partial charge >= 0.3 is 0 Å². The Hall–Kier alpha value is -0.860. The maximum atomic E-state index is 3.61. The number of nitrogens with zero attached hydrogens (tertiary/aromatic N) is 1.